The van der Waals surface area contributed by atoms with Crippen molar-refractivity contribution in [2.45, 2.75) is 33.7 Å². The number of nitrogens with one attached hydrogen (secondary N) is 1. The lowest BCUT2D eigenvalue weighted by atomic mass is 9.92. The molecule has 3 heterocycles. The maximum atomic E-state index is 12.6. The number of aryl methyl sites for hydroxylation is 1. The van der Waals surface area contributed by atoms with Gasteiger partial charge in [0.25, 0.3) is 5.56 Å². The minimum Gasteiger partial charge on any atom is -0.459 e. The van der Waals surface area contributed by atoms with E-state index in [0.717, 1.165) is 13.1 Å². The van der Waals surface area contributed by atoms with Gasteiger partial charge in [0.05, 0.1) is 18.5 Å². The molecule has 1 saturated heterocycles. The standard InChI is InChI=1S/C19H27N3O4S/c1-11-7-12(2)9-22(8-11)10-14-20-17(23)15-13(3)16(27-18(15)21-14)19(24)26-6-5-25-4/h11-12H,5-10H2,1-4H3,(H,20,21,23). The molecule has 148 valence electrons. The highest BCUT2D eigenvalue weighted by atomic mass is 32.1. The molecule has 1 fully saturated rings. The Morgan fingerprint density at radius 3 is 2.67 bits per heavy atom. The number of fused-ring (bicyclic) bond motifs is 1. The van der Waals surface area contributed by atoms with Gasteiger partial charge in [-0.05, 0) is 30.7 Å². The predicted molar refractivity (Wildman–Crippen MR) is 105 cm³/mol. The van der Waals surface area contributed by atoms with Crippen LogP contribution in [-0.2, 0) is 16.0 Å². The number of hydrogen-bond acceptors (Lipinski definition) is 7. The normalized spacial score (nSPS) is 20.9. The third kappa shape index (κ3) is 4.56. The maximum Gasteiger partial charge on any atom is 0.348 e. The Labute approximate surface area is 162 Å². The summed E-state index contributed by atoms with van der Waals surface area (Å²) in [5.74, 6) is 1.49. The number of rotatable bonds is 6. The molecule has 0 spiro atoms. The van der Waals surface area contributed by atoms with Crippen molar-refractivity contribution in [2.75, 3.05) is 33.4 Å². The zero-order chi connectivity index (χ0) is 19.6. The molecule has 0 aromatic carbocycles. The zero-order valence-electron chi connectivity index (χ0n) is 16.3. The van der Waals surface area contributed by atoms with E-state index in [1.807, 2.05) is 0 Å². The summed E-state index contributed by atoms with van der Waals surface area (Å²) in [6.07, 6.45) is 1.23. The number of hydrogen-bond donors (Lipinski definition) is 1. The highest BCUT2D eigenvalue weighted by molar-refractivity contribution is 7.20. The summed E-state index contributed by atoms with van der Waals surface area (Å²) in [5.41, 5.74) is 0.427. The van der Waals surface area contributed by atoms with Gasteiger partial charge in [-0.2, -0.15) is 0 Å². The van der Waals surface area contributed by atoms with E-state index in [4.69, 9.17) is 9.47 Å². The Balaban J connectivity index is 1.83. The van der Waals surface area contributed by atoms with Crippen LogP contribution in [0.1, 0.15) is 41.3 Å². The number of methoxy groups -OCH3 is 1. The van der Waals surface area contributed by atoms with Gasteiger partial charge in [-0.3, -0.25) is 9.69 Å². The van der Waals surface area contributed by atoms with E-state index in [2.05, 4.69) is 28.7 Å². The van der Waals surface area contributed by atoms with E-state index in [9.17, 15) is 9.59 Å². The molecule has 7 nitrogen and oxygen atoms in total. The van der Waals surface area contributed by atoms with Crippen molar-refractivity contribution >= 4 is 27.5 Å². The lowest BCUT2D eigenvalue weighted by Crippen LogP contribution is -2.38. The average molecular weight is 394 g/mol. The van der Waals surface area contributed by atoms with Crippen LogP contribution in [0, 0.1) is 18.8 Å². The van der Waals surface area contributed by atoms with Crippen LogP contribution in [0.15, 0.2) is 4.79 Å². The molecule has 2 aromatic heterocycles. The lowest BCUT2D eigenvalue weighted by molar-refractivity contribution is 0.0393. The Morgan fingerprint density at radius 1 is 1.30 bits per heavy atom. The van der Waals surface area contributed by atoms with E-state index in [1.54, 1.807) is 14.0 Å². The molecular formula is C19H27N3O4S. The molecule has 0 saturated carbocycles. The van der Waals surface area contributed by atoms with Crippen LogP contribution in [0.4, 0.5) is 0 Å². The number of carbonyl (C=O) groups excluding carboxylic acids is 1. The number of esters is 1. The van der Waals surface area contributed by atoms with Gasteiger partial charge in [-0.25, -0.2) is 9.78 Å². The fourth-order valence-corrected chi connectivity index (χ4v) is 4.97. The third-order valence-electron chi connectivity index (χ3n) is 4.87. The molecule has 1 N–H and O–H groups in total. The van der Waals surface area contributed by atoms with E-state index in [-0.39, 0.29) is 12.2 Å². The Morgan fingerprint density at radius 2 is 2.00 bits per heavy atom. The summed E-state index contributed by atoms with van der Waals surface area (Å²) >= 11 is 1.22. The topological polar surface area (TPSA) is 84.5 Å². The quantitative estimate of drug-likeness (QED) is 0.600. The van der Waals surface area contributed by atoms with Gasteiger partial charge in [-0.1, -0.05) is 13.8 Å². The van der Waals surface area contributed by atoms with Crippen LogP contribution in [0.5, 0.6) is 0 Å². The monoisotopic (exact) mass is 393 g/mol. The highest BCUT2D eigenvalue weighted by Crippen LogP contribution is 2.28. The summed E-state index contributed by atoms with van der Waals surface area (Å²) in [6, 6.07) is 0. The first-order chi connectivity index (χ1) is 12.9. The first kappa shape index (κ1) is 20.0. The molecular weight excluding hydrogens is 366 g/mol. The SMILES string of the molecule is COCCOC(=O)c1sc2nc(CN3CC(C)CC(C)C3)[nH]c(=O)c2c1C. The number of likely N-dealkylation sites (tertiary alicyclic amines) is 1. The van der Waals surface area contributed by atoms with Gasteiger partial charge >= 0.3 is 5.97 Å². The largest absolute Gasteiger partial charge is 0.459 e. The van der Waals surface area contributed by atoms with Crippen molar-refractivity contribution in [1.82, 2.24) is 14.9 Å². The molecule has 3 rings (SSSR count). The van der Waals surface area contributed by atoms with Gasteiger partial charge in [0.2, 0.25) is 0 Å². The van der Waals surface area contributed by atoms with Crippen molar-refractivity contribution in [3.05, 3.63) is 26.6 Å². The summed E-state index contributed by atoms with van der Waals surface area (Å²) < 4.78 is 10.1. The molecule has 0 bridgehead atoms. The Bertz CT molecular complexity index is 866. The first-order valence-corrected chi connectivity index (χ1v) is 10.1. The molecule has 8 heteroatoms. The summed E-state index contributed by atoms with van der Waals surface area (Å²) in [6.45, 7) is 9.42. The maximum absolute atomic E-state index is 12.6. The molecule has 0 aliphatic carbocycles. The van der Waals surface area contributed by atoms with E-state index in [1.165, 1.54) is 17.8 Å². The first-order valence-electron chi connectivity index (χ1n) is 9.29. The summed E-state index contributed by atoms with van der Waals surface area (Å²) in [7, 11) is 1.55. The number of aromatic nitrogens is 2. The minimum atomic E-state index is -0.438. The van der Waals surface area contributed by atoms with Gasteiger partial charge in [-0.15, -0.1) is 11.3 Å². The van der Waals surface area contributed by atoms with Crippen LogP contribution in [0.25, 0.3) is 10.2 Å². The number of ether oxygens (including phenoxy) is 2. The van der Waals surface area contributed by atoms with Crippen LogP contribution in [-0.4, -0.2) is 54.3 Å². The molecule has 0 radical (unpaired) electrons. The molecule has 1 aliphatic heterocycles. The minimum absolute atomic E-state index is 0.184. The predicted octanol–water partition coefficient (Wildman–Crippen LogP) is 2.57. The van der Waals surface area contributed by atoms with Crippen molar-refractivity contribution in [2.24, 2.45) is 11.8 Å². The second-order valence-corrected chi connectivity index (χ2v) is 8.52. The average Bonchev–Trinajstić information content (AvgIpc) is 2.91. The summed E-state index contributed by atoms with van der Waals surface area (Å²) in [4.78, 5) is 35.8. The van der Waals surface area contributed by atoms with E-state index in [0.29, 0.717) is 51.5 Å². The summed E-state index contributed by atoms with van der Waals surface area (Å²) in [5, 5.41) is 0.475. The Hall–Kier alpha value is -1.77. The van der Waals surface area contributed by atoms with Crippen LogP contribution >= 0.6 is 11.3 Å². The number of nitrogens with zero attached hydrogens (tertiary/aromatic N) is 2. The molecule has 2 atom stereocenters. The van der Waals surface area contributed by atoms with Crippen LogP contribution < -0.4 is 5.56 Å². The number of aromatic amines is 1. The van der Waals surface area contributed by atoms with Gasteiger partial charge < -0.3 is 14.5 Å². The van der Waals surface area contributed by atoms with Crippen molar-refractivity contribution in [1.29, 1.82) is 0 Å². The number of piperidine rings is 1. The number of thiophene rings is 1. The third-order valence-corrected chi connectivity index (χ3v) is 6.04. The van der Waals surface area contributed by atoms with Crippen molar-refractivity contribution in [3.63, 3.8) is 0 Å². The van der Waals surface area contributed by atoms with E-state index >= 15 is 0 Å². The lowest BCUT2D eigenvalue weighted by Gasteiger charge is -2.34. The van der Waals surface area contributed by atoms with Crippen LogP contribution in [0.3, 0.4) is 0 Å². The number of H-pyrrole nitrogens is 1. The molecule has 0 amide bonds. The molecule has 2 aromatic rings. The second-order valence-electron chi connectivity index (χ2n) is 7.52. The van der Waals surface area contributed by atoms with Crippen molar-refractivity contribution in [3.8, 4) is 0 Å². The fraction of sp³-hybridized carbons (Fsp3) is 0.632. The van der Waals surface area contributed by atoms with E-state index < -0.39 is 5.97 Å². The number of carbonyl (C=O) groups is 1. The molecule has 2 unspecified atom stereocenters. The molecule has 27 heavy (non-hydrogen) atoms. The highest BCUT2D eigenvalue weighted by Gasteiger charge is 2.24. The van der Waals surface area contributed by atoms with Crippen molar-refractivity contribution < 1.29 is 14.3 Å². The molecule has 1 aliphatic rings. The zero-order valence-corrected chi connectivity index (χ0v) is 17.1. The van der Waals surface area contributed by atoms with Gasteiger partial charge in [0.1, 0.15) is 22.1 Å². The van der Waals surface area contributed by atoms with Crippen LogP contribution in [0.2, 0.25) is 0 Å². The van der Waals surface area contributed by atoms with Gasteiger partial charge in [0.15, 0.2) is 0 Å². The smallest absolute Gasteiger partial charge is 0.348 e. The fourth-order valence-electron chi connectivity index (χ4n) is 3.87. The Kier molecular flexibility index (Phi) is 6.29. The second kappa shape index (κ2) is 8.50. The van der Waals surface area contributed by atoms with Gasteiger partial charge in [0, 0.05) is 20.2 Å².